The molecular weight excluding hydrogens is 537 g/mol. The van der Waals surface area contributed by atoms with Gasteiger partial charge in [0.05, 0.1) is 19.3 Å². The Morgan fingerprint density at radius 1 is 1.05 bits per heavy atom. The minimum atomic E-state index is -1.30. The van der Waals surface area contributed by atoms with Gasteiger partial charge in [-0.05, 0) is 125 Å². The highest BCUT2D eigenvalue weighted by atomic mass is 19.1. The summed E-state index contributed by atoms with van der Waals surface area (Å²) in [5.41, 5.74) is 6.09. The van der Waals surface area contributed by atoms with Crippen LogP contribution in [0.3, 0.4) is 0 Å². The molecule has 3 aromatic rings. The number of rotatable bonds is 6. The largest absolute Gasteiger partial charge is 0.496 e. The summed E-state index contributed by atoms with van der Waals surface area (Å²) >= 11 is 0. The van der Waals surface area contributed by atoms with Gasteiger partial charge < -0.3 is 24.2 Å². The fraction of sp³-hybridized carbons (Fsp3) is 0.412. The third kappa shape index (κ3) is 5.24. The number of amides is 1. The van der Waals surface area contributed by atoms with E-state index in [2.05, 4.69) is 0 Å². The molecule has 0 aromatic heterocycles. The average Bonchev–Trinajstić information content (AvgIpc) is 3.35. The number of aliphatic carboxylic acids is 1. The molecule has 5 rings (SSSR count). The van der Waals surface area contributed by atoms with E-state index >= 15 is 4.39 Å². The molecule has 0 radical (unpaired) electrons. The summed E-state index contributed by atoms with van der Waals surface area (Å²) in [6.07, 6.45) is 0.616. The van der Waals surface area contributed by atoms with Crippen molar-refractivity contribution >= 4 is 17.6 Å². The summed E-state index contributed by atoms with van der Waals surface area (Å²) in [5, 5.41) is 10.4. The van der Waals surface area contributed by atoms with Crippen LogP contribution in [0.5, 0.6) is 11.5 Å². The number of carbonyl (C=O) groups is 2. The molecule has 0 spiro atoms. The van der Waals surface area contributed by atoms with Gasteiger partial charge in [0.25, 0.3) is 5.91 Å². The molecule has 2 aliphatic heterocycles. The van der Waals surface area contributed by atoms with Crippen molar-refractivity contribution in [2.75, 3.05) is 25.2 Å². The lowest BCUT2D eigenvalue weighted by Crippen LogP contribution is -2.30. The number of anilines is 1. The highest BCUT2D eigenvalue weighted by molar-refractivity contribution is 6.08. The van der Waals surface area contributed by atoms with Crippen molar-refractivity contribution in [2.24, 2.45) is 0 Å². The zero-order valence-electron chi connectivity index (χ0n) is 25.3. The first-order valence-electron chi connectivity index (χ1n) is 14.3. The van der Waals surface area contributed by atoms with Crippen molar-refractivity contribution in [1.29, 1.82) is 0 Å². The van der Waals surface area contributed by atoms with Crippen LogP contribution >= 0.6 is 0 Å². The molecule has 42 heavy (non-hydrogen) atoms. The smallest absolute Gasteiger partial charge is 0.337 e. The standard InChI is InChI=1S/C34H38FNO6/c1-18-15-21(10-11-27(18)40-7)32(37)36-13-12-23-26(36)16-19(2)28(31(33(38)39)42-34(4,5)6)29(23)24-17-25(35)30-22(20(24)3)9-8-14-41-30/h10-11,15-17,31H,8-9,12-14H2,1-7H3,(H,38,39)/t31-/m0/s1. The van der Waals surface area contributed by atoms with E-state index in [-0.39, 0.29) is 11.7 Å². The van der Waals surface area contributed by atoms with E-state index in [1.807, 2.05) is 53.7 Å². The maximum absolute atomic E-state index is 15.6. The van der Waals surface area contributed by atoms with Crippen LogP contribution in [0.2, 0.25) is 0 Å². The number of methoxy groups -OCH3 is 1. The Morgan fingerprint density at radius 3 is 2.43 bits per heavy atom. The van der Waals surface area contributed by atoms with Gasteiger partial charge in [0.1, 0.15) is 5.75 Å². The van der Waals surface area contributed by atoms with Crippen molar-refractivity contribution in [3.63, 3.8) is 0 Å². The van der Waals surface area contributed by atoms with Gasteiger partial charge in [-0.2, -0.15) is 0 Å². The Morgan fingerprint density at radius 2 is 1.79 bits per heavy atom. The van der Waals surface area contributed by atoms with Crippen molar-refractivity contribution in [3.8, 4) is 22.6 Å². The van der Waals surface area contributed by atoms with E-state index in [0.29, 0.717) is 65.2 Å². The van der Waals surface area contributed by atoms with Gasteiger partial charge in [-0.3, -0.25) is 4.79 Å². The number of aryl methyl sites for hydroxylation is 2. The Bertz CT molecular complexity index is 1590. The van der Waals surface area contributed by atoms with Crippen LogP contribution in [0.1, 0.15) is 77.0 Å². The summed E-state index contributed by atoms with van der Waals surface area (Å²) in [6, 6.07) is 8.65. The number of carboxylic acids is 1. The van der Waals surface area contributed by atoms with Crippen LogP contribution in [0, 0.1) is 26.6 Å². The topological polar surface area (TPSA) is 85.3 Å². The molecule has 1 N–H and O–H groups in total. The molecular formula is C34H38FNO6. The number of hydrogen-bond acceptors (Lipinski definition) is 5. The third-order valence-electron chi connectivity index (χ3n) is 8.08. The van der Waals surface area contributed by atoms with Gasteiger partial charge in [0.2, 0.25) is 0 Å². The van der Waals surface area contributed by atoms with Gasteiger partial charge in [0.15, 0.2) is 17.7 Å². The minimum Gasteiger partial charge on any atom is -0.496 e. The molecule has 7 nitrogen and oxygen atoms in total. The Kier molecular flexibility index (Phi) is 7.79. The molecule has 0 aliphatic carbocycles. The number of carboxylic acid groups (broad SMARTS) is 1. The van der Waals surface area contributed by atoms with Crippen molar-refractivity contribution in [2.45, 2.75) is 72.5 Å². The zero-order chi connectivity index (χ0) is 30.5. The number of benzene rings is 3. The molecule has 8 heteroatoms. The maximum Gasteiger partial charge on any atom is 0.337 e. The molecule has 0 saturated carbocycles. The second-order valence-electron chi connectivity index (χ2n) is 12.1. The Labute approximate surface area is 246 Å². The van der Waals surface area contributed by atoms with Gasteiger partial charge in [0, 0.05) is 28.9 Å². The number of carbonyl (C=O) groups excluding carboxylic acids is 1. The van der Waals surface area contributed by atoms with Crippen molar-refractivity contribution in [1.82, 2.24) is 0 Å². The lowest BCUT2D eigenvalue weighted by molar-refractivity contribution is -0.160. The number of fused-ring (bicyclic) bond motifs is 2. The number of hydrogen-bond donors (Lipinski definition) is 1. The number of nitrogens with zero attached hydrogens (tertiary/aromatic N) is 1. The molecule has 2 heterocycles. The SMILES string of the molecule is COc1ccc(C(=O)N2CCc3c2cc(C)c([C@H](OC(C)(C)C)C(=O)O)c3-c2cc(F)c3c(c2C)CCCO3)cc1C. The monoisotopic (exact) mass is 575 g/mol. The Hall–Kier alpha value is -3.91. The quantitative estimate of drug-likeness (QED) is 0.344. The fourth-order valence-corrected chi connectivity index (χ4v) is 6.22. The van der Waals surface area contributed by atoms with E-state index in [4.69, 9.17) is 14.2 Å². The van der Waals surface area contributed by atoms with Crippen molar-refractivity contribution < 1.29 is 33.3 Å². The second-order valence-corrected chi connectivity index (χ2v) is 12.1. The van der Waals surface area contributed by atoms with Crippen LogP contribution < -0.4 is 14.4 Å². The van der Waals surface area contributed by atoms with Crippen LogP contribution in [0.25, 0.3) is 11.1 Å². The number of ether oxygens (including phenoxy) is 3. The second kappa shape index (κ2) is 11.1. The molecule has 0 bridgehead atoms. The Balaban J connectivity index is 1.75. The minimum absolute atomic E-state index is 0.167. The molecule has 1 amide bonds. The fourth-order valence-electron chi connectivity index (χ4n) is 6.22. The first-order chi connectivity index (χ1) is 19.8. The summed E-state index contributed by atoms with van der Waals surface area (Å²) in [6.45, 7) is 11.9. The highest BCUT2D eigenvalue weighted by Gasteiger charge is 2.37. The third-order valence-corrected chi connectivity index (χ3v) is 8.08. The first kappa shape index (κ1) is 29.6. The molecule has 0 unspecified atom stereocenters. The first-order valence-corrected chi connectivity index (χ1v) is 14.3. The molecule has 1 atom stereocenters. The van der Waals surface area contributed by atoms with E-state index in [1.54, 1.807) is 24.1 Å². The van der Waals surface area contributed by atoms with Crippen LogP contribution in [0.4, 0.5) is 10.1 Å². The van der Waals surface area contributed by atoms with Gasteiger partial charge in [-0.25, -0.2) is 9.18 Å². The maximum atomic E-state index is 15.6. The molecule has 3 aromatic carbocycles. The summed E-state index contributed by atoms with van der Waals surface area (Å²) in [4.78, 5) is 28.3. The lowest BCUT2D eigenvalue weighted by Gasteiger charge is -2.30. The highest BCUT2D eigenvalue weighted by Crippen LogP contribution is 2.48. The lowest BCUT2D eigenvalue weighted by atomic mass is 9.83. The van der Waals surface area contributed by atoms with Gasteiger partial charge in [-0.15, -0.1) is 0 Å². The van der Waals surface area contributed by atoms with E-state index < -0.39 is 23.5 Å². The number of halogens is 1. The van der Waals surface area contributed by atoms with Gasteiger partial charge in [-0.1, -0.05) is 0 Å². The molecule has 222 valence electrons. The predicted molar refractivity (Wildman–Crippen MR) is 159 cm³/mol. The summed E-state index contributed by atoms with van der Waals surface area (Å²) < 4.78 is 32.8. The van der Waals surface area contributed by atoms with Gasteiger partial charge >= 0.3 is 5.97 Å². The zero-order valence-corrected chi connectivity index (χ0v) is 25.3. The molecule has 2 aliphatic rings. The molecule has 0 saturated heterocycles. The summed E-state index contributed by atoms with van der Waals surface area (Å²) in [7, 11) is 1.59. The van der Waals surface area contributed by atoms with E-state index in [9.17, 15) is 14.7 Å². The van der Waals surface area contributed by atoms with E-state index in [1.165, 1.54) is 6.07 Å². The van der Waals surface area contributed by atoms with Crippen LogP contribution in [0.15, 0.2) is 30.3 Å². The van der Waals surface area contributed by atoms with Crippen LogP contribution in [-0.4, -0.2) is 42.8 Å². The summed E-state index contributed by atoms with van der Waals surface area (Å²) in [5.74, 6) is -0.813. The van der Waals surface area contributed by atoms with Crippen molar-refractivity contribution in [3.05, 3.63) is 75.1 Å². The molecule has 0 fully saturated rings. The average molecular weight is 576 g/mol. The normalized spacial score (nSPS) is 15.1. The van der Waals surface area contributed by atoms with E-state index in [0.717, 1.165) is 28.7 Å². The predicted octanol–water partition coefficient (Wildman–Crippen LogP) is 6.90. The van der Waals surface area contributed by atoms with Crippen LogP contribution in [-0.2, 0) is 22.4 Å².